The van der Waals surface area contributed by atoms with Crippen molar-refractivity contribution in [3.05, 3.63) is 71.8 Å². The summed E-state index contributed by atoms with van der Waals surface area (Å²) in [7, 11) is 1.27. The van der Waals surface area contributed by atoms with E-state index in [-0.39, 0.29) is 0 Å². The normalized spacial score (nSPS) is 12.0. The van der Waals surface area contributed by atoms with Gasteiger partial charge in [-0.15, -0.1) is 0 Å². The highest BCUT2D eigenvalue weighted by Crippen LogP contribution is 2.56. The van der Waals surface area contributed by atoms with E-state index in [0.29, 0.717) is 0 Å². The Morgan fingerprint density at radius 2 is 1.52 bits per heavy atom. The zero-order valence-electron chi connectivity index (χ0n) is 13.6. The Bertz CT molecular complexity index is 1010. The number of hydrogen-bond acceptors (Lipinski definition) is 1. The first kappa shape index (κ1) is 14.4. The van der Waals surface area contributed by atoms with Gasteiger partial charge in [-0.05, 0) is 53.7 Å². The van der Waals surface area contributed by atoms with E-state index in [1.54, 1.807) is 7.11 Å². The smallest absolute Gasteiger partial charge is 0.122 e. The van der Waals surface area contributed by atoms with Crippen LogP contribution in [0.2, 0.25) is 0 Å². The zero-order chi connectivity index (χ0) is 16.0. The lowest BCUT2D eigenvalue weighted by Gasteiger charge is -2.07. The Balaban J connectivity index is 2.21. The largest absolute Gasteiger partial charge is 0.496 e. The van der Waals surface area contributed by atoms with Crippen LogP contribution in [0.1, 0.15) is 11.1 Å². The fraction of sp³-hybridized carbons (Fsp3) is 0.143. The number of methoxy groups -OCH3 is 1. The van der Waals surface area contributed by atoms with Gasteiger partial charge in [-0.25, -0.2) is 0 Å². The predicted molar refractivity (Wildman–Crippen MR) is 102 cm³/mol. The molecule has 0 saturated heterocycles. The fourth-order valence-corrected chi connectivity index (χ4v) is 6.14. The zero-order valence-corrected chi connectivity index (χ0v) is 14.5. The minimum atomic E-state index is -0.477. The third kappa shape index (κ3) is 2.24. The molecule has 0 N–H and O–H groups in total. The number of fused-ring (bicyclic) bond motifs is 3. The maximum Gasteiger partial charge on any atom is 0.122 e. The number of aryl methyl sites for hydroxylation is 2. The van der Waals surface area contributed by atoms with Crippen molar-refractivity contribution in [3.63, 3.8) is 0 Å². The van der Waals surface area contributed by atoms with Gasteiger partial charge in [-0.2, -0.15) is 0 Å². The molecule has 23 heavy (non-hydrogen) atoms. The van der Waals surface area contributed by atoms with E-state index in [9.17, 15) is 0 Å². The highest BCUT2D eigenvalue weighted by molar-refractivity contribution is 7.67. The standard InChI is InChI=1S/C21H19OP/c1-14-9-10-17-18-13-19(22-3)15(2)12-21(18)23(20(17)11-14)16-7-5-4-6-8-16/h4-13H,1-3H3. The van der Waals surface area contributed by atoms with Gasteiger partial charge in [0.05, 0.1) is 7.11 Å². The van der Waals surface area contributed by atoms with Crippen LogP contribution in [-0.2, 0) is 0 Å². The molecule has 4 rings (SSSR count). The Kier molecular flexibility index (Phi) is 3.39. The second-order valence-corrected chi connectivity index (χ2v) is 8.18. The molecule has 0 aliphatic rings. The first-order valence-electron chi connectivity index (χ1n) is 7.84. The Labute approximate surface area is 137 Å². The molecule has 0 aliphatic heterocycles. The highest BCUT2D eigenvalue weighted by atomic mass is 31.1. The van der Waals surface area contributed by atoms with Gasteiger partial charge in [0.25, 0.3) is 0 Å². The molecule has 3 aromatic carbocycles. The molecule has 1 unspecified atom stereocenters. The molecular formula is C21H19OP. The molecule has 114 valence electrons. The van der Waals surface area contributed by atoms with Gasteiger partial charge in [-0.1, -0.05) is 55.6 Å². The van der Waals surface area contributed by atoms with E-state index < -0.39 is 7.53 Å². The van der Waals surface area contributed by atoms with Gasteiger partial charge < -0.3 is 4.74 Å². The molecular weight excluding hydrogens is 299 g/mol. The molecule has 1 atom stereocenters. The fourth-order valence-electron chi connectivity index (χ4n) is 3.33. The quantitative estimate of drug-likeness (QED) is 0.405. The van der Waals surface area contributed by atoms with Gasteiger partial charge in [0.15, 0.2) is 0 Å². The first-order valence-corrected chi connectivity index (χ1v) is 9.18. The summed E-state index contributed by atoms with van der Waals surface area (Å²) in [6.07, 6.45) is 0. The van der Waals surface area contributed by atoms with Gasteiger partial charge in [0.2, 0.25) is 0 Å². The van der Waals surface area contributed by atoms with E-state index in [1.807, 2.05) is 0 Å². The summed E-state index contributed by atoms with van der Waals surface area (Å²) in [5.74, 6) is 0.972. The molecule has 2 heteroatoms. The maximum atomic E-state index is 5.56. The predicted octanol–water partition coefficient (Wildman–Crippen LogP) is 6.59. The molecule has 0 aliphatic carbocycles. The summed E-state index contributed by atoms with van der Waals surface area (Å²) in [4.78, 5) is 0. The summed E-state index contributed by atoms with van der Waals surface area (Å²) in [6.45, 7) is 4.31. The third-order valence-corrected chi connectivity index (χ3v) is 6.97. The average molecular weight is 318 g/mol. The van der Waals surface area contributed by atoms with Crippen LogP contribution in [0.15, 0.2) is 60.7 Å². The van der Waals surface area contributed by atoms with E-state index in [4.69, 9.17) is 4.74 Å². The lowest BCUT2D eigenvalue weighted by atomic mass is 10.1. The van der Waals surface area contributed by atoms with Crippen LogP contribution < -0.4 is 4.74 Å². The molecule has 0 bridgehead atoms. The molecule has 1 heterocycles. The summed E-state index contributed by atoms with van der Waals surface area (Å²) < 4.78 is 5.56. The van der Waals surface area contributed by atoms with Crippen molar-refractivity contribution in [2.24, 2.45) is 0 Å². The van der Waals surface area contributed by atoms with E-state index >= 15 is 0 Å². The summed E-state index contributed by atoms with van der Waals surface area (Å²) in [5, 5.41) is 7.02. The molecule has 4 aromatic rings. The lowest BCUT2D eigenvalue weighted by molar-refractivity contribution is 0.412. The molecule has 1 aromatic heterocycles. The van der Waals surface area contributed by atoms with Crippen molar-refractivity contribution in [2.75, 3.05) is 7.11 Å². The van der Waals surface area contributed by atoms with E-state index in [1.165, 1.54) is 37.4 Å². The van der Waals surface area contributed by atoms with Crippen LogP contribution in [0, 0.1) is 13.8 Å². The third-order valence-electron chi connectivity index (χ3n) is 4.45. The number of hydrogen-bond donors (Lipinski definition) is 0. The second kappa shape index (κ2) is 5.44. The summed E-state index contributed by atoms with van der Waals surface area (Å²) in [6, 6.07) is 22.2. The van der Waals surface area contributed by atoms with Crippen molar-refractivity contribution in [1.29, 1.82) is 0 Å². The molecule has 0 amide bonds. The van der Waals surface area contributed by atoms with Crippen LogP contribution in [-0.4, -0.2) is 7.11 Å². The van der Waals surface area contributed by atoms with Gasteiger partial charge in [-0.3, -0.25) is 0 Å². The van der Waals surface area contributed by atoms with Crippen molar-refractivity contribution in [1.82, 2.24) is 0 Å². The van der Waals surface area contributed by atoms with Crippen molar-refractivity contribution < 1.29 is 4.74 Å². The molecule has 0 spiro atoms. The molecule has 0 saturated carbocycles. The Morgan fingerprint density at radius 3 is 2.26 bits per heavy atom. The van der Waals surface area contributed by atoms with E-state index in [2.05, 4.69) is 74.5 Å². The van der Waals surface area contributed by atoms with Gasteiger partial charge in [0, 0.05) is 10.2 Å². The Hall–Kier alpha value is -2.24. The summed E-state index contributed by atoms with van der Waals surface area (Å²) >= 11 is 0. The minimum absolute atomic E-state index is 0.477. The molecule has 0 radical (unpaired) electrons. The number of rotatable bonds is 2. The van der Waals surface area contributed by atoms with Crippen LogP contribution in [0.4, 0.5) is 0 Å². The Morgan fingerprint density at radius 1 is 0.783 bits per heavy atom. The first-order chi connectivity index (χ1) is 11.2. The number of ether oxygens (including phenoxy) is 1. The summed E-state index contributed by atoms with van der Waals surface area (Å²) in [5.41, 5.74) is 2.53. The lowest BCUT2D eigenvalue weighted by Crippen LogP contribution is -1.85. The van der Waals surface area contributed by atoms with E-state index in [0.717, 1.165) is 5.75 Å². The molecule has 0 fully saturated rings. The minimum Gasteiger partial charge on any atom is -0.496 e. The van der Waals surface area contributed by atoms with Crippen LogP contribution in [0.5, 0.6) is 5.75 Å². The van der Waals surface area contributed by atoms with Crippen molar-refractivity contribution in [3.8, 4) is 11.1 Å². The van der Waals surface area contributed by atoms with Gasteiger partial charge >= 0.3 is 0 Å². The second-order valence-electron chi connectivity index (χ2n) is 6.03. The average Bonchev–Trinajstić information content (AvgIpc) is 2.87. The van der Waals surface area contributed by atoms with Crippen LogP contribution in [0.3, 0.4) is 0 Å². The van der Waals surface area contributed by atoms with Crippen molar-refractivity contribution >= 4 is 28.5 Å². The van der Waals surface area contributed by atoms with Crippen LogP contribution in [0.25, 0.3) is 26.3 Å². The topological polar surface area (TPSA) is 9.23 Å². The monoisotopic (exact) mass is 318 g/mol. The van der Waals surface area contributed by atoms with Crippen LogP contribution >= 0.6 is 7.53 Å². The maximum absolute atomic E-state index is 5.56. The number of benzene rings is 3. The van der Waals surface area contributed by atoms with Gasteiger partial charge in [0.1, 0.15) is 5.75 Å². The highest BCUT2D eigenvalue weighted by Gasteiger charge is 2.15. The van der Waals surface area contributed by atoms with Crippen molar-refractivity contribution in [2.45, 2.75) is 13.8 Å². The SMILES string of the molecule is COc1cc2c3ccc(C)cc3p(-c3ccccc3)c2cc1C. The molecule has 1 nitrogen and oxygen atoms in total.